The maximum absolute atomic E-state index is 12.5. The molecule has 2 heterocycles. The van der Waals surface area contributed by atoms with Crippen molar-refractivity contribution in [1.82, 2.24) is 4.98 Å². The second-order valence-corrected chi connectivity index (χ2v) is 7.11. The lowest BCUT2D eigenvalue weighted by atomic mass is 9.98. The summed E-state index contributed by atoms with van der Waals surface area (Å²) in [6.07, 6.45) is 4.59. The Labute approximate surface area is 124 Å². The van der Waals surface area contributed by atoms with Crippen LogP contribution in [0.15, 0.2) is 35.1 Å². The Kier molecular flexibility index (Phi) is 2.93. The van der Waals surface area contributed by atoms with Gasteiger partial charge in [0, 0.05) is 10.4 Å². The Morgan fingerprint density at radius 3 is 2.65 bits per heavy atom. The van der Waals surface area contributed by atoms with E-state index < -0.39 is 0 Å². The van der Waals surface area contributed by atoms with Crippen LogP contribution in [0.4, 0.5) is 0 Å². The van der Waals surface area contributed by atoms with Crippen LogP contribution in [0.25, 0.3) is 20.8 Å². The summed E-state index contributed by atoms with van der Waals surface area (Å²) in [5.41, 5.74) is 2.31. The van der Waals surface area contributed by atoms with Crippen molar-refractivity contribution >= 4 is 32.9 Å². The van der Waals surface area contributed by atoms with Crippen molar-refractivity contribution in [1.29, 1.82) is 0 Å². The van der Waals surface area contributed by atoms with E-state index in [0.29, 0.717) is 0 Å². The van der Waals surface area contributed by atoms with Crippen LogP contribution >= 0.6 is 22.7 Å². The molecule has 0 amide bonds. The Hall–Kier alpha value is -1.52. The molecule has 0 saturated heterocycles. The predicted molar refractivity (Wildman–Crippen MR) is 85.8 cm³/mol. The fraction of sp³-hybridized carbons (Fsp3) is 0.250. The fourth-order valence-electron chi connectivity index (χ4n) is 2.80. The van der Waals surface area contributed by atoms with Crippen molar-refractivity contribution in [3.63, 3.8) is 0 Å². The number of fused-ring (bicyclic) bond motifs is 3. The highest BCUT2D eigenvalue weighted by atomic mass is 32.1. The van der Waals surface area contributed by atoms with Gasteiger partial charge in [0.25, 0.3) is 0 Å². The molecule has 0 spiro atoms. The Morgan fingerprint density at radius 2 is 1.80 bits per heavy atom. The van der Waals surface area contributed by atoms with Gasteiger partial charge < -0.3 is 0 Å². The van der Waals surface area contributed by atoms with Crippen molar-refractivity contribution in [3.05, 3.63) is 50.3 Å². The highest BCUT2D eigenvalue weighted by molar-refractivity contribution is 7.20. The smallest absolute Gasteiger partial charge is 0.244 e. The van der Waals surface area contributed by atoms with Crippen molar-refractivity contribution in [2.24, 2.45) is 0 Å². The van der Waals surface area contributed by atoms with Gasteiger partial charge in [-0.1, -0.05) is 41.7 Å². The molecule has 0 unspecified atom stereocenters. The monoisotopic (exact) mass is 299 g/mol. The first-order valence-corrected chi connectivity index (χ1v) is 8.47. The predicted octanol–water partition coefficient (Wildman–Crippen LogP) is 4.26. The summed E-state index contributed by atoms with van der Waals surface area (Å²) in [4.78, 5) is 19.6. The number of rotatable bonds is 1. The molecule has 4 heteroatoms. The van der Waals surface area contributed by atoms with E-state index in [9.17, 15) is 4.79 Å². The molecule has 1 aliphatic rings. The summed E-state index contributed by atoms with van der Waals surface area (Å²) < 4.78 is 0.174. The molecule has 0 atom stereocenters. The lowest BCUT2D eigenvalue weighted by Gasteiger charge is -2.09. The van der Waals surface area contributed by atoms with Crippen molar-refractivity contribution in [2.45, 2.75) is 25.7 Å². The number of aromatic nitrogens is 1. The van der Waals surface area contributed by atoms with Crippen molar-refractivity contribution in [3.8, 4) is 10.6 Å². The van der Waals surface area contributed by atoms with Crippen LogP contribution in [0.2, 0.25) is 0 Å². The van der Waals surface area contributed by atoms with Gasteiger partial charge in [-0.3, -0.25) is 4.79 Å². The van der Waals surface area contributed by atoms with Gasteiger partial charge >= 0.3 is 0 Å². The average Bonchev–Trinajstić information content (AvgIpc) is 2.87. The van der Waals surface area contributed by atoms with Gasteiger partial charge in [0.2, 0.25) is 4.74 Å². The van der Waals surface area contributed by atoms with E-state index in [-0.39, 0.29) is 4.74 Å². The first kappa shape index (κ1) is 12.2. The van der Waals surface area contributed by atoms with Crippen LogP contribution in [0.1, 0.15) is 23.3 Å². The average molecular weight is 299 g/mol. The number of hydrogen-bond donors (Lipinski definition) is 0. The maximum atomic E-state index is 12.5. The summed E-state index contributed by atoms with van der Waals surface area (Å²) in [7, 11) is 0. The molecule has 4 rings (SSSR count). The minimum absolute atomic E-state index is 0.174. The summed E-state index contributed by atoms with van der Waals surface area (Å²) in [5.74, 6) is 0. The molecule has 2 aromatic heterocycles. The first-order valence-electron chi connectivity index (χ1n) is 6.84. The summed E-state index contributed by atoms with van der Waals surface area (Å²) in [6.45, 7) is 0. The fourth-order valence-corrected chi connectivity index (χ4v) is 5.07. The third-order valence-corrected chi connectivity index (χ3v) is 5.87. The van der Waals surface area contributed by atoms with Crippen LogP contribution in [0.3, 0.4) is 0 Å². The van der Waals surface area contributed by atoms with Crippen molar-refractivity contribution in [2.75, 3.05) is 0 Å². The Morgan fingerprint density at radius 1 is 1.00 bits per heavy atom. The summed E-state index contributed by atoms with van der Waals surface area (Å²) in [5, 5.41) is 1.73. The summed E-state index contributed by atoms with van der Waals surface area (Å²) >= 11 is 3.00. The summed E-state index contributed by atoms with van der Waals surface area (Å²) in [6, 6.07) is 9.97. The molecule has 1 aromatic carbocycles. The lowest BCUT2D eigenvalue weighted by molar-refractivity contribution is 0.700. The molecule has 1 aliphatic carbocycles. The first-order chi connectivity index (χ1) is 9.83. The zero-order chi connectivity index (χ0) is 13.5. The maximum Gasteiger partial charge on any atom is 0.244 e. The third kappa shape index (κ3) is 1.91. The molecule has 0 bridgehead atoms. The van der Waals surface area contributed by atoms with Gasteiger partial charge in [-0.25, -0.2) is 4.98 Å². The van der Waals surface area contributed by atoms with E-state index >= 15 is 0 Å². The zero-order valence-electron chi connectivity index (χ0n) is 10.9. The molecule has 0 fully saturated rings. The van der Waals surface area contributed by atoms with Gasteiger partial charge in [0.1, 0.15) is 9.84 Å². The SMILES string of the molecule is O=c1sc(-c2ccccc2)nc2sc3c(c12)CCCC3. The van der Waals surface area contributed by atoms with Gasteiger partial charge in [0.05, 0.1) is 5.39 Å². The van der Waals surface area contributed by atoms with E-state index in [1.165, 1.54) is 34.6 Å². The molecular weight excluding hydrogens is 286 g/mol. The van der Waals surface area contributed by atoms with Crippen LogP contribution in [-0.2, 0) is 12.8 Å². The minimum Gasteiger partial charge on any atom is -0.277 e. The Balaban J connectivity index is 1.97. The molecular formula is C16H13NOS2. The number of benzene rings is 1. The van der Waals surface area contributed by atoms with E-state index in [4.69, 9.17) is 4.98 Å². The van der Waals surface area contributed by atoms with Crippen LogP contribution in [0, 0.1) is 0 Å². The van der Waals surface area contributed by atoms with Gasteiger partial charge in [-0.2, -0.15) is 0 Å². The number of nitrogens with zero attached hydrogens (tertiary/aromatic N) is 1. The van der Waals surface area contributed by atoms with Crippen LogP contribution in [0.5, 0.6) is 0 Å². The second kappa shape index (κ2) is 4.79. The topological polar surface area (TPSA) is 30.0 Å². The van der Waals surface area contributed by atoms with Crippen molar-refractivity contribution < 1.29 is 0 Å². The third-order valence-electron chi connectivity index (χ3n) is 3.77. The van der Waals surface area contributed by atoms with E-state index in [2.05, 4.69) is 0 Å². The molecule has 20 heavy (non-hydrogen) atoms. The van der Waals surface area contributed by atoms with E-state index in [1.54, 1.807) is 11.3 Å². The molecule has 2 nitrogen and oxygen atoms in total. The van der Waals surface area contributed by atoms with Gasteiger partial charge in [0.15, 0.2) is 0 Å². The highest BCUT2D eigenvalue weighted by Crippen LogP contribution is 2.35. The van der Waals surface area contributed by atoms with Crippen LogP contribution in [-0.4, -0.2) is 4.98 Å². The lowest BCUT2D eigenvalue weighted by Crippen LogP contribution is -2.03. The zero-order valence-corrected chi connectivity index (χ0v) is 12.5. The normalized spacial score (nSPS) is 14.4. The number of aryl methyl sites for hydroxylation is 2. The van der Waals surface area contributed by atoms with Gasteiger partial charge in [-0.15, -0.1) is 11.3 Å². The molecule has 3 aromatic rings. The van der Waals surface area contributed by atoms with Gasteiger partial charge in [-0.05, 0) is 31.2 Å². The van der Waals surface area contributed by atoms with E-state index in [0.717, 1.165) is 33.6 Å². The molecule has 0 saturated carbocycles. The Bertz CT molecular complexity index is 833. The number of thiophene rings is 1. The van der Waals surface area contributed by atoms with Crippen LogP contribution < -0.4 is 4.74 Å². The quantitative estimate of drug-likeness (QED) is 0.672. The highest BCUT2D eigenvalue weighted by Gasteiger charge is 2.20. The second-order valence-electron chi connectivity index (χ2n) is 5.06. The number of hydrogen-bond acceptors (Lipinski definition) is 4. The standard InChI is InChI=1S/C16H13NOS2/c18-16-13-11-8-4-5-9-12(11)19-15(13)17-14(20-16)10-6-2-1-3-7-10/h1-3,6-7H,4-5,8-9H2. The molecule has 100 valence electrons. The molecule has 0 N–H and O–H groups in total. The van der Waals surface area contributed by atoms with E-state index in [1.807, 2.05) is 30.3 Å². The molecule has 0 radical (unpaired) electrons. The largest absolute Gasteiger partial charge is 0.277 e. The minimum atomic E-state index is 0.174. The molecule has 0 aliphatic heterocycles.